The van der Waals surface area contributed by atoms with Crippen LogP contribution >= 0.6 is 0 Å². The van der Waals surface area contributed by atoms with Gasteiger partial charge in [0.25, 0.3) is 5.91 Å². The largest absolute Gasteiger partial charge is 0.416 e. The standard InChI is InChI=1S/C30H32F6N4O2/c1-39-19-21(25-9-5-6-10-26(25)39)17-24(11-12-27(41)38-14-8-4-3-7-13-37)40(2)28(42)20-15-22(29(31,32)33)18-23(16-20)30(34,35)36/h5-6,9-10,15-16,18-19,24H,3-4,7-8,11-12,14,17H2,1-2H3,(H,38,41). The van der Waals surface area contributed by atoms with E-state index in [9.17, 15) is 35.9 Å². The number of aryl methyl sites for hydroxylation is 1. The highest BCUT2D eigenvalue weighted by atomic mass is 19.4. The van der Waals surface area contributed by atoms with Crippen LogP contribution in [0.15, 0.2) is 48.7 Å². The summed E-state index contributed by atoms with van der Waals surface area (Å²) >= 11 is 0. The Bertz CT molecular complexity index is 1410. The summed E-state index contributed by atoms with van der Waals surface area (Å²) in [6, 6.07) is 9.62. The average Bonchev–Trinajstić information content (AvgIpc) is 3.25. The van der Waals surface area contributed by atoms with Crippen LogP contribution in [0, 0.1) is 11.3 Å². The summed E-state index contributed by atoms with van der Waals surface area (Å²) in [5.74, 6) is -1.31. The molecule has 1 heterocycles. The Hall–Kier alpha value is -4.01. The first-order valence-corrected chi connectivity index (χ1v) is 13.5. The van der Waals surface area contributed by atoms with Crippen molar-refractivity contribution in [1.29, 1.82) is 5.26 Å². The highest BCUT2D eigenvalue weighted by molar-refractivity contribution is 5.95. The molecule has 1 atom stereocenters. The van der Waals surface area contributed by atoms with Gasteiger partial charge in [-0.15, -0.1) is 0 Å². The fourth-order valence-corrected chi connectivity index (χ4v) is 4.84. The van der Waals surface area contributed by atoms with Crippen LogP contribution < -0.4 is 5.32 Å². The van der Waals surface area contributed by atoms with Gasteiger partial charge in [0.2, 0.25) is 5.91 Å². The number of hydrogen-bond acceptors (Lipinski definition) is 3. The van der Waals surface area contributed by atoms with Crippen molar-refractivity contribution in [2.75, 3.05) is 13.6 Å². The lowest BCUT2D eigenvalue weighted by Crippen LogP contribution is -2.39. The third-order valence-corrected chi connectivity index (χ3v) is 7.13. The summed E-state index contributed by atoms with van der Waals surface area (Å²) in [7, 11) is 3.15. The Labute approximate surface area is 239 Å². The molecule has 1 unspecified atom stereocenters. The number of likely N-dealkylation sites (N-methyl/N-ethyl adjacent to an activating group) is 1. The maximum absolute atomic E-state index is 13.4. The first-order chi connectivity index (χ1) is 19.7. The summed E-state index contributed by atoms with van der Waals surface area (Å²) in [4.78, 5) is 27.1. The fraction of sp³-hybridized carbons (Fsp3) is 0.433. The molecule has 2 amide bonds. The maximum atomic E-state index is 13.4. The average molecular weight is 595 g/mol. The van der Waals surface area contributed by atoms with Crippen molar-refractivity contribution in [2.45, 2.75) is 63.3 Å². The number of fused-ring (bicyclic) bond motifs is 1. The number of unbranched alkanes of at least 4 members (excludes halogenated alkanes) is 3. The number of nitrogens with one attached hydrogen (secondary N) is 1. The fourth-order valence-electron chi connectivity index (χ4n) is 4.84. The van der Waals surface area contributed by atoms with Crippen LogP contribution in [0.5, 0.6) is 0 Å². The van der Waals surface area contributed by atoms with Crippen molar-refractivity contribution in [3.05, 3.63) is 70.9 Å². The number of aromatic nitrogens is 1. The Morgan fingerprint density at radius 3 is 2.26 bits per heavy atom. The van der Waals surface area contributed by atoms with Gasteiger partial charge in [-0.2, -0.15) is 31.6 Å². The van der Waals surface area contributed by atoms with Gasteiger partial charge in [0.15, 0.2) is 0 Å². The lowest BCUT2D eigenvalue weighted by atomic mass is 9.98. The minimum atomic E-state index is -5.09. The van der Waals surface area contributed by atoms with Gasteiger partial charge in [-0.05, 0) is 55.5 Å². The number of nitrogens with zero attached hydrogens (tertiary/aromatic N) is 3. The molecule has 1 aromatic heterocycles. The first kappa shape index (κ1) is 32.5. The zero-order chi connectivity index (χ0) is 31.1. The van der Waals surface area contributed by atoms with Crippen LogP contribution in [-0.2, 0) is 30.6 Å². The Kier molecular flexibility index (Phi) is 10.7. The van der Waals surface area contributed by atoms with Gasteiger partial charge in [-0.1, -0.05) is 24.6 Å². The van der Waals surface area contributed by atoms with Gasteiger partial charge in [0, 0.05) is 62.2 Å². The zero-order valence-corrected chi connectivity index (χ0v) is 23.3. The predicted molar refractivity (Wildman–Crippen MR) is 145 cm³/mol. The molecule has 0 aliphatic heterocycles. The van der Waals surface area contributed by atoms with E-state index in [2.05, 4.69) is 11.4 Å². The molecule has 0 aliphatic rings. The molecule has 3 aromatic rings. The van der Waals surface area contributed by atoms with E-state index in [1.54, 1.807) is 0 Å². The molecule has 6 nitrogen and oxygen atoms in total. The minimum Gasteiger partial charge on any atom is -0.356 e. The number of benzene rings is 2. The molecule has 0 bridgehead atoms. The molecule has 0 spiro atoms. The topological polar surface area (TPSA) is 78.1 Å². The highest BCUT2D eigenvalue weighted by Gasteiger charge is 2.38. The second kappa shape index (κ2) is 13.8. The molecule has 226 valence electrons. The monoisotopic (exact) mass is 594 g/mol. The van der Waals surface area contributed by atoms with Crippen molar-refractivity contribution in [3.63, 3.8) is 0 Å². The zero-order valence-electron chi connectivity index (χ0n) is 23.3. The Balaban J connectivity index is 1.87. The van der Waals surface area contributed by atoms with Crippen molar-refractivity contribution in [2.24, 2.45) is 7.05 Å². The number of carbonyl (C=O) groups is 2. The lowest BCUT2D eigenvalue weighted by molar-refractivity contribution is -0.143. The summed E-state index contributed by atoms with van der Waals surface area (Å²) in [5.41, 5.74) is -2.18. The molecule has 0 radical (unpaired) electrons. The van der Waals surface area contributed by atoms with Crippen LogP contribution in [0.3, 0.4) is 0 Å². The second-order valence-corrected chi connectivity index (χ2v) is 10.2. The minimum absolute atomic E-state index is 0.0123. The van der Waals surface area contributed by atoms with E-state index >= 15 is 0 Å². The van der Waals surface area contributed by atoms with Crippen LogP contribution in [0.25, 0.3) is 10.9 Å². The maximum Gasteiger partial charge on any atom is 0.416 e. The van der Waals surface area contributed by atoms with Gasteiger partial charge in [0.1, 0.15) is 0 Å². The third-order valence-electron chi connectivity index (χ3n) is 7.13. The number of carbonyl (C=O) groups excluding carboxylic acids is 2. The molecule has 42 heavy (non-hydrogen) atoms. The van der Waals surface area contributed by atoms with Gasteiger partial charge in [0.05, 0.1) is 17.2 Å². The smallest absolute Gasteiger partial charge is 0.356 e. The van der Waals surface area contributed by atoms with Gasteiger partial charge in [-0.3, -0.25) is 9.59 Å². The highest BCUT2D eigenvalue weighted by Crippen LogP contribution is 2.37. The van der Waals surface area contributed by atoms with Crippen LogP contribution in [0.2, 0.25) is 0 Å². The van der Waals surface area contributed by atoms with E-state index in [0.29, 0.717) is 31.5 Å². The second-order valence-electron chi connectivity index (χ2n) is 10.2. The molecule has 0 fully saturated rings. The first-order valence-electron chi connectivity index (χ1n) is 13.5. The van der Waals surface area contributed by atoms with E-state index < -0.39 is 41.0 Å². The number of nitriles is 1. The van der Waals surface area contributed by atoms with Gasteiger partial charge >= 0.3 is 12.4 Å². The Morgan fingerprint density at radius 2 is 1.64 bits per heavy atom. The van der Waals surface area contributed by atoms with Gasteiger partial charge < -0.3 is 14.8 Å². The molecule has 1 N–H and O–H groups in total. The van der Waals surface area contributed by atoms with Crippen molar-refractivity contribution < 1.29 is 35.9 Å². The van der Waals surface area contributed by atoms with Crippen molar-refractivity contribution in [1.82, 2.24) is 14.8 Å². The van der Waals surface area contributed by atoms with Crippen LogP contribution in [-0.4, -0.2) is 40.9 Å². The molecule has 2 aromatic carbocycles. The van der Waals surface area contributed by atoms with Crippen molar-refractivity contribution in [3.8, 4) is 6.07 Å². The van der Waals surface area contributed by atoms with E-state index in [1.807, 2.05) is 42.1 Å². The molecule has 0 saturated carbocycles. The summed E-state index contributed by atoms with van der Waals surface area (Å²) in [6.45, 7) is 0.400. The normalized spacial score (nSPS) is 12.6. The van der Waals surface area contributed by atoms with Crippen LogP contribution in [0.4, 0.5) is 26.3 Å². The molecular formula is C30H32F6N4O2. The molecular weight excluding hydrogens is 562 g/mol. The number of hydrogen-bond donors (Lipinski definition) is 1. The lowest BCUT2D eigenvalue weighted by Gasteiger charge is -2.29. The van der Waals surface area contributed by atoms with E-state index in [-0.39, 0.29) is 31.2 Å². The van der Waals surface area contributed by atoms with E-state index in [0.717, 1.165) is 34.2 Å². The number of rotatable bonds is 12. The number of halogens is 6. The van der Waals surface area contributed by atoms with Gasteiger partial charge in [-0.25, -0.2) is 0 Å². The molecule has 12 heteroatoms. The molecule has 0 saturated heterocycles. The SMILES string of the molecule is CN(C(=O)c1cc(C(F)(F)F)cc(C(F)(F)F)c1)C(CCC(=O)NCCCCCC#N)Cc1cn(C)c2ccccc12. The molecule has 0 aliphatic carbocycles. The van der Waals surface area contributed by atoms with E-state index in [4.69, 9.17) is 5.26 Å². The summed E-state index contributed by atoms with van der Waals surface area (Å²) < 4.78 is 82.5. The summed E-state index contributed by atoms with van der Waals surface area (Å²) in [5, 5.41) is 12.3. The van der Waals surface area contributed by atoms with E-state index in [1.165, 1.54) is 7.05 Å². The van der Waals surface area contributed by atoms with Crippen LogP contribution in [0.1, 0.15) is 65.6 Å². The third kappa shape index (κ3) is 8.50. The number of alkyl halides is 6. The molecule has 3 rings (SSSR count). The summed E-state index contributed by atoms with van der Waals surface area (Å²) in [6.07, 6.45) is -5.40. The Morgan fingerprint density at radius 1 is 1.00 bits per heavy atom. The number of para-hydroxylation sites is 1. The predicted octanol–water partition coefficient (Wildman–Crippen LogP) is 6.88. The van der Waals surface area contributed by atoms with Crippen molar-refractivity contribution >= 4 is 22.7 Å². The quantitative estimate of drug-likeness (QED) is 0.184. The number of amides is 2.